The number of morpholine rings is 1. The van der Waals surface area contributed by atoms with Gasteiger partial charge in [-0.25, -0.2) is 0 Å². The summed E-state index contributed by atoms with van der Waals surface area (Å²) in [6, 6.07) is 5.18. The molecule has 0 bridgehead atoms. The number of hydrogen-bond donors (Lipinski definition) is 1. The number of carboxylic acids is 1. The smallest absolute Gasteiger partial charge is 0.305 e. The van der Waals surface area contributed by atoms with Crippen LogP contribution in [0.3, 0.4) is 0 Å². The van der Waals surface area contributed by atoms with E-state index in [1.807, 2.05) is 18.2 Å². The Morgan fingerprint density at radius 3 is 2.80 bits per heavy atom. The van der Waals surface area contributed by atoms with Gasteiger partial charge in [-0.2, -0.15) is 0 Å². The third-order valence-corrected chi connectivity index (χ3v) is 4.86. The molecule has 136 valence electrons. The van der Waals surface area contributed by atoms with Gasteiger partial charge in [-0.3, -0.25) is 9.59 Å². The van der Waals surface area contributed by atoms with E-state index in [1.54, 1.807) is 19.1 Å². The number of carboxylic acid groups (broad SMARTS) is 1. The van der Waals surface area contributed by atoms with Crippen LogP contribution >= 0.6 is 0 Å². The van der Waals surface area contributed by atoms with E-state index in [0.29, 0.717) is 13.2 Å². The first-order valence-electron chi connectivity index (χ1n) is 8.37. The van der Waals surface area contributed by atoms with E-state index in [0.717, 1.165) is 23.5 Å². The number of nitrogens with zero attached hydrogens (tertiary/aromatic N) is 1. The number of carbonyl (C=O) groups is 2. The second kappa shape index (κ2) is 7.31. The molecule has 0 aromatic heterocycles. The molecular formula is C18H23NO6. The molecule has 0 spiro atoms. The number of aliphatic carboxylic acids is 1. The van der Waals surface area contributed by atoms with Crippen LogP contribution in [0.4, 0.5) is 0 Å². The zero-order valence-corrected chi connectivity index (χ0v) is 14.4. The number of carbonyl (C=O) groups excluding carboxylic acids is 1. The Balaban J connectivity index is 1.74. The van der Waals surface area contributed by atoms with Gasteiger partial charge < -0.3 is 24.2 Å². The molecule has 0 radical (unpaired) electrons. The molecule has 2 fully saturated rings. The fraction of sp³-hybridized carbons (Fsp3) is 0.556. The topological polar surface area (TPSA) is 85.3 Å². The first kappa shape index (κ1) is 17.5. The highest BCUT2D eigenvalue weighted by Crippen LogP contribution is 2.52. The average molecular weight is 349 g/mol. The van der Waals surface area contributed by atoms with Crippen molar-refractivity contribution < 1.29 is 28.9 Å². The fourth-order valence-electron chi connectivity index (χ4n) is 3.47. The van der Waals surface area contributed by atoms with Crippen LogP contribution in [0.1, 0.15) is 24.3 Å². The first-order valence-corrected chi connectivity index (χ1v) is 8.37. The number of ether oxygens (including phenoxy) is 3. The van der Waals surface area contributed by atoms with Crippen molar-refractivity contribution in [1.29, 1.82) is 0 Å². The molecule has 1 amide bonds. The minimum absolute atomic E-state index is 0.00410. The molecule has 1 N–H and O–H groups in total. The summed E-state index contributed by atoms with van der Waals surface area (Å²) >= 11 is 0. The molecule has 1 aliphatic carbocycles. The van der Waals surface area contributed by atoms with Gasteiger partial charge in [0.05, 0.1) is 39.9 Å². The largest absolute Gasteiger partial charge is 0.497 e. The van der Waals surface area contributed by atoms with Gasteiger partial charge in [0, 0.05) is 23.9 Å². The molecule has 3 atom stereocenters. The third kappa shape index (κ3) is 3.71. The SMILES string of the molecule is COc1ccc(OC)c(C2CC2C(=O)N2CCOCC2CC(=O)O)c1. The zero-order valence-electron chi connectivity index (χ0n) is 14.4. The summed E-state index contributed by atoms with van der Waals surface area (Å²) in [7, 11) is 3.21. The molecule has 3 unspecified atom stereocenters. The molecule has 7 heteroatoms. The van der Waals surface area contributed by atoms with Crippen molar-refractivity contribution in [2.75, 3.05) is 34.0 Å². The van der Waals surface area contributed by atoms with E-state index >= 15 is 0 Å². The van der Waals surface area contributed by atoms with Crippen LogP contribution in [-0.4, -0.2) is 61.9 Å². The Hall–Kier alpha value is -2.28. The summed E-state index contributed by atoms with van der Waals surface area (Å²) in [6.45, 7) is 1.16. The van der Waals surface area contributed by atoms with E-state index in [1.165, 1.54) is 0 Å². The van der Waals surface area contributed by atoms with Crippen molar-refractivity contribution in [3.63, 3.8) is 0 Å². The Labute approximate surface area is 146 Å². The predicted molar refractivity (Wildman–Crippen MR) is 89.0 cm³/mol. The van der Waals surface area contributed by atoms with Crippen molar-refractivity contribution in [1.82, 2.24) is 4.90 Å². The molecule has 3 rings (SSSR count). The van der Waals surface area contributed by atoms with E-state index in [-0.39, 0.29) is 30.8 Å². The zero-order chi connectivity index (χ0) is 18.0. The van der Waals surface area contributed by atoms with Gasteiger partial charge >= 0.3 is 5.97 Å². The summed E-state index contributed by atoms with van der Waals surface area (Å²) < 4.78 is 16.0. The molecule has 7 nitrogen and oxygen atoms in total. The maximum Gasteiger partial charge on any atom is 0.305 e. The van der Waals surface area contributed by atoms with Crippen molar-refractivity contribution in [2.24, 2.45) is 5.92 Å². The normalized spacial score (nSPS) is 25.4. The Kier molecular flexibility index (Phi) is 5.13. The van der Waals surface area contributed by atoms with Crippen LogP contribution in [0.2, 0.25) is 0 Å². The van der Waals surface area contributed by atoms with Gasteiger partial charge in [0.1, 0.15) is 11.5 Å². The Morgan fingerprint density at radius 2 is 2.12 bits per heavy atom. The summed E-state index contributed by atoms with van der Waals surface area (Å²) in [6.07, 6.45) is 0.644. The number of rotatable bonds is 6. The Bertz CT molecular complexity index is 661. The standard InChI is InChI=1S/C18H23NO6/c1-23-12-3-4-16(24-2)14(8-12)13-9-15(13)18(22)19-5-6-25-10-11(19)7-17(20)21/h3-4,8,11,13,15H,5-7,9-10H2,1-2H3,(H,20,21). The van der Waals surface area contributed by atoms with Gasteiger partial charge in [-0.15, -0.1) is 0 Å². The molecule has 1 aromatic carbocycles. The number of benzene rings is 1. The van der Waals surface area contributed by atoms with Gasteiger partial charge in [-0.05, 0) is 24.6 Å². The average Bonchev–Trinajstić information content (AvgIpc) is 3.41. The molecule has 1 aromatic rings. The van der Waals surface area contributed by atoms with Gasteiger partial charge in [0.25, 0.3) is 0 Å². The summed E-state index contributed by atoms with van der Waals surface area (Å²) in [5.41, 5.74) is 0.961. The first-order chi connectivity index (χ1) is 12.0. The highest BCUT2D eigenvalue weighted by atomic mass is 16.5. The van der Waals surface area contributed by atoms with Crippen LogP contribution in [-0.2, 0) is 14.3 Å². The number of methoxy groups -OCH3 is 2. The minimum atomic E-state index is -0.921. The van der Waals surface area contributed by atoms with E-state index in [4.69, 9.17) is 19.3 Å². The molecule has 25 heavy (non-hydrogen) atoms. The van der Waals surface area contributed by atoms with Crippen molar-refractivity contribution >= 4 is 11.9 Å². The van der Waals surface area contributed by atoms with Crippen LogP contribution in [0.15, 0.2) is 18.2 Å². The van der Waals surface area contributed by atoms with E-state index in [2.05, 4.69) is 0 Å². The predicted octanol–water partition coefficient (Wildman–Crippen LogP) is 1.51. The lowest BCUT2D eigenvalue weighted by Crippen LogP contribution is -2.50. The van der Waals surface area contributed by atoms with Crippen LogP contribution in [0.5, 0.6) is 11.5 Å². The van der Waals surface area contributed by atoms with Crippen molar-refractivity contribution in [3.8, 4) is 11.5 Å². The van der Waals surface area contributed by atoms with Crippen LogP contribution < -0.4 is 9.47 Å². The van der Waals surface area contributed by atoms with Gasteiger partial charge in [0.2, 0.25) is 5.91 Å². The van der Waals surface area contributed by atoms with E-state index < -0.39 is 12.0 Å². The van der Waals surface area contributed by atoms with Gasteiger partial charge in [-0.1, -0.05) is 0 Å². The lowest BCUT2D eigenvalue weighted by Gasteiger charge is -2.35. The second-order valence-electron chi connectivity index (χ2n) is 6.41. The summed E-state index contributed by atoms with van der Waals surface area (Å²) in [4.78, 5) is 25.6. The lowest BCUT2D eigenvalue weighted by atomic mass is 10.1. The summed E-state index contributed by atoms with van der Waals surface area (Å²) in [5, 5.41) is 9.05. The second-order valence-corrected chi connectivity index (χ2v) is 6.41. The molecule has 1 saturated heterocycles. The fourth-order valence-corrected chi connectivity index (χ4v) is 3.47. The van der Waals surface area contributed by atoms with Crippen LogP contribution in [0.25, 0.3) is 0 Å². The highest BCUT2D eigenvalue weighted by molar-refractivity contribution is 5.84. The molecule has 2 aliphatic rings. The molecule has 1 heterocycles. The minimum Gasteiger partial charge on any atom is -0.497 e. The third-order valence-electron chi connectivity index (χ3n) is 4.86. The summed E-state index contributed by atoms with van der Waals surface area (Å²) in [5.74, 6) is 0.481. The molecule has 1 aliphatic heterocycles. The maximum atomic E-state index is 12.9. The highest BCUT2D eigenvalue weighted by Gasteiger charge is 2.48. The van der Waals surface area contributed by atoms with Gasteiger partial charge in [0.15, 0.2) is 0 Å². The van der Waals surface area contributed by atoms with E-state index in [9.17, 15) is 9.59 Å². The Morgan fingerprint density at radius 1 is 1.32 bits per heavy atom. The maximum absolute atomic E-state index is 12.9. The quantitative estimate of drug-likeness (QED) is 0.838. The number of amides is 1. The molecular weight excluding hydrogens is 326 g/mol. The number of hydrogen-bond acceptors (Lipinski definition) is 5. The van der Waals surface area contributed by atoms with Crippen molar-refractivity contribution in [2.45, 2.75) is 24.8 Å². The molecule has 1 saturated carbocycles. The van der Waals surface area contributed by atoms with Crippen molar-refractivity contribution in [3.05, 3.63) is 23.8 Å². The monoisotopic (exact) mass is 349 g/mol. The lowest BCUT2D eigenvalue weighted by molar-refractivity contribution is -0.147. The van der Waals surface area contributed by atoms with Crippen LogP contribution in [0, 0.1) is 5.92 Å².